The first-order valence-electron chi connectivity index (χ1n) is 7.65. The maximum Gasteiger partial charge on any atom is 0.269 e. The standard InChI is InChI=1S/C18H21N3O2/c1-13(2)14-6-8-15(9-7-14)17(22)20-11-12-21-18(23)16-5-3-4-10-19-16/h3-10,13H,11-12H2,1-2H3,(H,20,22)(H,21,23). The van der Waals surface area contributed by atoms with Gasteiger partial charge in [-0.05, 0) is 35.7 Å². The third kappa shape index (κ3) is 4.92. The summed E-state index contributed by atoms with van der Waals surface area (Å²) in [6.07, 6.45) is 1.57. The minimum absolute atomic E-state index is 0.146. The molecule has 1 aromatic heterocycles. The molecule has 0 radical (unpaired) electrons. The van der Waals surface area contributed by atoms with Crippen LogP contribution in [0.5, 0.6) is 0 Å². The van der Waals surface area contributed by atoms with E-state index in [1.54, 1.807) is 24.4 Å². The predicted molar refractivity (Wildman–Crippen MR) is 89.4 cm³/mol. The second kappa shape index (κ2) is 8.08. The Morgan fingerprint density at radius 1 is 0.957 bits per heavy atom. The molecule has 0 saturated heterocycles. The second-order valence-corrected chi connectivity index (χ2v) is 5.50. The van der Waals surface area contributed by atoms with Gasteiger partial charge in [0.05, 0.1) is 0 Å². The maximum atomic E-state index is 12.0. The zero-order valence-corrected chi connectivity index (χ0v) is 13.4. The van der Waals surface area contributed by atoms with E-state index in [0.29, 0.717) is 30.3 Å². The van der Waals surface area contributed by atoms with Crippen molar-refractivity contribution in [3.8, 4) is 0 Å². The van der Waals surface area contributed by atoms with Gasteiger partial charge in [-0.2, -0.15) is 0 Å². The molecule has 5 heteroatoms. The number of rotatable bonds is 6. The van der Waals surface area contributed by atoms with Crippen LogP contribution in [0.15, 0.2) is 48.7 Å². The number of carbonyl (C=O) groups is 2. The molecular weight excluding hydrogens is 290 g/mol. The predicted octanol–water partition coefficient (Wildman–Crippen LogP) is 2.36. The molecule has 2 N–H and O–H groups in total. The second-order valence-electron chi connectivity index (χ2n) is 5.50. The van der Waals surface area contributed by atoms with Crippen LogP contribution in [0, 0.1) is 0 Å². The number of hydrogen-bond donors (Lipinski definition) is 2. The number of carbonyl (C=O) groups excluding carboxylic acids is 2. The van der Waals surface area contributed by atoms with Crippen LogP contribution in [0.4, 0.5) is 0 Å². The summed E-state index contributed by atoms with van der Waals surface area (Å²) >= 11 is 0. The van der Waals surface area contributed by atoms with Gasteiger partial charge < -0.3 is 10.6 Å². The van der Waals surface area contributed by atoms with Crippen LogP contribution in [0.1, 0.15) is 46.2 Å². The number of nitrogens with one attached hydrogen (secondary N) is 2. The molecule has 120 valence electrons. The van der Waals surface area contributed by atoms with Crippen LogP contribution in [0.2, 0.25) is 0 Å². The van der Waals surface area contributed by atoms with E-state index in [1.165, 1.54) is 5.56 Å². The molecule has 0 fully saturated rings. The van der Waals surface area contributed by atoms with Gasteiger partial charge in [0.2, 0.25) is 0 Å². The normalized spacial score (nSPS) is 10.4. The summed E-state index contributed by atoms with van der Waals surface area (Å²) in [6.45, 7) is 4.94. The van der Waals surface area contributed by atoms with E-state index in [0.717, 1.165) is 0 Å². The van der Waals surface area contributed by atoms with Gasteiger partial charge in [0.1, 0.15) is 5.69 Å². The lowest BCUT2D eigenvalue weighted by Gasteiger charge is -2.08. The van der Waals surface area contributed by atoms with Gasteiger partial charge in [-0.15, -0.1) is 0 Å². The number of hydrogen-bond acceptors (Lipinski definition) is 3. The SMILES string of the molecule is CC(C)c1ccc(C(=O)NCCNC(=O)c2ccccn2)cc1. The third-order valence-corrected chi connectivity index (χ3v) is 3.43. The molecular formula is C18H21N3O2. The summed E-state index contributed by atoms with van der Waals surface area (Å²) in [6, 6.07) is 12.7. The first-order chi connectivity index (χ1) is 11.1. The van der Waals surface area contributed by atoms with Crippen LogP contribution in [-0.2, 0) is 0 Å². The summed E-state index contributed by atoms with van der Waals surface area (Å²) in [4.78, 5) is 27.7. The summed E-state index contributed by atoms with van der Waals surface area (Å²) < 4.78 is 0. The summed E-state index contributed by atoms with van der Waals surface area (Å²) in [5.74, 6) is 0.0439. The van der Waals surface area contributed by atoms with E-state index in [9.17, 15) is 9.59 Å². The molecule has 0 bridgehead atoms. The Morgan fingerprint density at radius 3 is 2.17 bits per heavy atom. The Morgan fingerprint density at radius 2 is 1.61 bits per heavy atom. The lowest BCUT2D eigenvalue weighted by molar-refractivity contribution is 0.0925. The molecule has 2 aromatic rings. The summed E-state index contributed by atoms with van der Waals surface area (Å²) in [7, 11) is 0. The van der Waals surface area contributed by atoms with Crippen molar-refractivity contribution in [3.05, 3.63) is 65.5 Å². The first kappa shape index (κ1) is 16.7. The average Bonchev–Trinajstić information content (AvgIpc) is 2.59. The molecule has 1 aromatic carbocycles. The van der Waals surface area contributed by atoms with Crippen molar-refractivity contribution < 1.29 is 9.59 Å². The zero-order chi connectivity index (χ0) is 16.7. The Balaban J connectivity index is 1.75. The minimum atomic E-state index is -0.249. The fourth-order valence-electron chi connectivity index (χ4n) is 2.06. The smallest absolute Gasteiger partial charge is 0.269 e. The van der Waals surface area contributed by atoms with Crippen molar-refractivity contribution >= 4 is 11.8 Å². The van der Waals surface area contributed by atoms with Gasteiger partial charge in [0.25, 0.3) is 11.8 Å². The van der Waals surface area contributed by atoms with Crippen molar-refractivity contribution in [2.24, 2.45) is 0 Å². The van der Waals surface area contributed by atoms with Crippen molar-refractivity contribution in [3.63, 3.8) is 0 Å². The van der Waals surface area contributed by atoms with Crippen LogP contribution >= 0.6 is 0 Å². The molecule has 0 aliphatic carbocycles. The quantitative estimate of drug-likeness (QED) is 0.805. The molecule has 0 atom stereocenters. The molecule has 1 heterocycles. The number of amides is 2. The zero-order valence-electron chi connectivity index (χ0n) is 13.4. The first-order valence-corrected chi connectivity index (χ1v) is 7.65. The fraction of sp³-hybridized carbons (Fsp3) is 0.278. The lowest BCUT2D eigenvalue weighted by Crippen LogP contribution is -2.34. The minimum Gasteiger partial charge on any atom is -0.350 e. The molecule has 5 nitrogen and oxygen atoms in total. The molecule has 0 unspecified atom stereocenters. The summed E-state index contributed by atoms with van der Waals surface area (Å²) in [5.41, 5.74) is 2.18. The lowest BCUT2D eigenvalue weighted by atomic mass is 10.0. The maximum absolute atomic E-state index is 12.0. The van der Waals surface area contributed by atoms with Gasteiger partial charge in [-0.1, -0.05) is 32.0 Å². The fourth-order valence-corrected chi connectivity index (χ4v) is 2.06. The molecule has 0 aliphatic rings. The van der Waals surface area contributed by atoms with Gasteiger partial charge in [-0.3, -0.25) is 14.6 Å². The topological polar surface area (TPSA) is 71.1 Å². The van der Waals surface area contributed by atoms with Crippen LogP contribution in [0.3, 0.4) is 0 Å². The van der Waals surface area contributed by atoms with Gasteiger partial charge in [-0.25, -0.2) is 0 Å². The van der Waals surface area contributed by atoms with Gasteiger partial charge in [0, 0.05) is 24.8 Å². The Hall–Kier alpha value is -2.69. The molecule has 0 saturated carbocycles. The highest BCUT2D eigenvalue weighted by molar-refractivity contribution is 5.94. The van der Waals surface area contributed by atoms with Crippen LogP contribution < -0.4 is 10.6 Å². The third-order valence-electron chi connectivity index (χ3n) is 3.43. The van der Waals surface area contributed by atoms with Crippen molar-refractivity contribution in [1.82, 2.24) is 15.6 Å². The van der Waals surface area contributed by atoms with E-state index in [2.05, 4.69) is 29.5 Å². The highest BCUT2D eigenvalue weighted by Crippen LogP contribution is 2.14. The van der Waals surface area contributed by atoms with Crippen molar-refractivity contribution in [2.45, 2.75) is 19.8 Å². The van der Waals surface area contributed by atoms with E-state index in [-0.39, 0.29) is 11.8 Å². The number of benzene rings is 1. The Kier molecular flexibility index (Phi) is 5.86. The molecule has 2 rings (SSSR count). The monoisotopic (exact) mass is 311 g/mol. The summed E-state index contributed by atoms with van der Waals surface area (Å²) in [5, 5.41) is 5.49. The largest absolute Gasteiger partial charge is 0.350 e. The van der Waals surface area contributed by atoms with Crippen molar-refractivity contribution in [2.75, 3.05) is 13.1 Å². The Bertz CT molecular complexity index is 652. The van der Waals surface area contributed by atoms with E-state index in [1.807, 2.05) is 24.3 Å². The van der Waals surface area contributed by atoms with Crippen LogP contribution in [0.25, 0.3) is 0 Å². The van der Waals surface area contributed by atoms with Crippen molar-refractivity contribution in [1.29, 1.82) is 0 Å². The number of pyridine rings is 1. The van der Waals surface area contributed by atoms with Crippen LogP contribution in [-0.4, -0.2) is 29.9 Å². The number of nitrogens with zero attached hydrogens (tertiary/aromatic N) is 1. The highest BCUT2D eigenvalue weighted by atomic mass is 16.2. The molecule has 0 aliphatic heterocycles. The average molecular weight is 311 g/mol. The molecule has 2 amide bonds. The molecule has 23 heavy (non-hydrogen) atoms. The van der Waals surface area contributed by atoms with E-state index < -0.39 is 0 Å². The Labute approximate surface area is 136 Å². The highest BCUT2D eigenvalue weighted by Gasteiger charge is 2.07. The molecule has 0 spiro atoms. The number of aromatic nitrogens is 1. The van der Waals surface area contributed by atoms with Gasteiger partial charge in [0.15, 0.2) is 0 Å². The van der Waals surface area contributed by atoms with E-state index in [4.69, 9.17) is 0 Å². The van der Waals surface area contributed by atoms with Gasteiger partial charge >= 0.3 is 0 Å². The van der Waals surface area contributed by atoms with E-state index >= 15 is 0 Å².